The molecular weight excluding hydrogens is 160 g/mol. The second-order valence-electron chi connectivity index (χ2n) is 5.28. The van der Waals surface area contributed by atoms with E-state index >= 15 is 0 Å². The number of nitrogens with two attached hydrogens (primary N) is 1. The van der Waals surface area contributed by atoms with E-state index in [-0.39, 0.29) is 0 Å². The van der Waals surface area contributed by atoms with Gasteiger partial charge in [-0.25, -0.2) is 0 Å². The number of likely N-dealkylation sites (tertiary alicyclic amines) is 1. The Balaban J connectivity index is 1.87. The first-order valence-corrected chi connectivity index (χ1v) is 5.64. The topological polar surface area (TPSA) is 29.3 Å². The van der Waals surface area contributed by atoms with E-state index in [2.05, 4.69) is 18.7 Å². The zero-order chi connectivity index (χ0) is 9.42. The third-order valence-electron chi connectivity index (χ3n) is 3.61. The van der Waals surface area contributed by atoms with Crippen molar-refractivity contribution in [1.82, 2.24) is 4.90 Å². The number of fused-ring (bicyclic) bond motifs is 1. The summed E-state index contributed by atoms with van der Waals surface area (Å²) in [5.74, 6) is 2.54. The molecule has 0 aromatic carbocycles. The summed E-state index contributed by atoms with van der Waals surface area (Å²) in [6.07, 6.45) is 2.64. The molecule has 1 heterocycles. The van der Waals surface area contributed by atoms with Crippen LogP contribution in [-0.4, -0.2) is 30.6 Å². The minimum atomic E-state index is 0.502. The van der Waals surface area contributed by atoms with Gasteiger partial charge in [-0.2, -0.15) is 0 Å². The lowest BCUT2D eigenvalue weighted by Gasteiger charge is -2.20. The van der Waals surface area contributed by atoms with Crippen molar-refractivity contribution in [2.75, 3.05) is 19.6 Å². The molecule has 2 aliphatic rings. The summed E-state index contributed by atoms with van der Waals surface area (Å²) in [5, 5.41) is 0. The molecule has 76 valence electrons. The molecule has 1 saturated heterocycles. The molecule has 2 heteroatoms. The molecule has 2 nitrogen and oxygen atoms in total. The van der Waals surface area contributed by atoms with Crippen molar-refractivity contribution < 1.29 is 0 Å². The highest BCUT2D eigenvalue weighted by molar-refractivity contribution is 4.95. The van der Waals surface area contributed by atoms with E-state index < -0.39 is 0 Å². The number of hydrogen-bond donors (Lipinski definition) is 1. The predicted octanol–water partition coefficient (Wildman–Crippen LogP) is 1.31. The van der Waals surface area contributed by atoms with Crippen LogP contribution in [0.2, 0.25) is 0 Å². The van der Waals surface area contributed by atoms with Crippen molar-refractivity contribution in [3.05, 3.63) is 0 Å². The molecule has 3 unspecified atom stereocenters. The van der Waals surface area contributed by atoms with Gasteiger partial charge in [0, 0.05) is 25.7 Å². The Morgan fingerprint density at radius 1 is 1.31 bits per heavy atom. The zero-order valence-corrected chi connectivity index (χ0v) is 8.87. The van der Waals surface area contributed by atoms with E-state index in [4.69, 9.17) is 5.73 Å². The smallest absolute Gasteiger partial charge is 0.00826 e. The van der Waals surface area contributed by atoms with E-state index in [0.717, 1.165) is 17.8 Å². The average Bonchev–Trinajstić information content (AvgIpc) is 2.53. The Morgan fingerprint density at radius 2 is 2.08 bits per heavy atom. The summed E-state index contributed by atoms with van der Waals surface area (Å²) in [6, 6.07) is 0.502. The van der Waals surface area contributed by atoms with Crippen LogP contribution < -0.4 is 5.73 Å². The summed E-state index contributed by atoms with van der Waals surface area (Å²) in [6.45, 7) is 8.45. The van der Waals surface area contributed by atoms with Gasteiger partial charge in [0.1, 0.15) is 0 Å². The van der Waals surface area contributed by atoms with Gasteiger partial charge in [0.05, 0.1) is 0 Å². The Hall–Kier alpha value is -0.0800. The molecule has 2 fully saturated rings. The van der Waals surface area contributed by atoms with Crippen molar-refractivity contribution in [3.63, 3.8) is 0 Å². The molecule has 0 bridgehead atoms. The number of hydrogen-bond acceptors (Lipinski definition) is 2. The van der Waals surface area contributed by atoms with Crippen LogP contribution in [0.25, 0.3) is 0 Å². The largest absolute Gasteiger partial charge is 0.327 e. The first-order chi connectivity index (χ1) is 6.16. The monoisotopic (exact) mass is 182 g/mol. The normalized spacial score (nSPS) is 40.2. The number of nitrogens with zero attached hydrogens (tertiary/aromatic N) is 1. The van der Waals surface area contributed by atoms with Crippen LogP contribution in [0.5, 0.6) is 0 Å². The van der Waals surface area contributed by atoms with Crippen molar-refractivity contribution in [2.24, 2.45) is 23.5 Å². The molecule has 2 rings (SSSR count). The first kappa shape index (κ1) is 9.47. The van der Waals surface area contributed by atoms with E-state index in [0.29, 0.717) is 6.04 Å². The lowest BCUT2D eigenvalue weighted by atomic mass is 9.98. The molecule has 0 aromatic heterocycles. The van der Waals surface area contributed by atoms with Crippen LogP contribution in [0, 0.1) is 17.8 Å². The van der Waals surface area contributed by atoms with Gasteiger partial charge in [0.15, 0.2) is 0 Å². The third-order valence-corrected chi connectivity index (χ3v) is 3.61. The first-order valence-electron chi connectivity index (χ1n) is 5.64. The van der Waals surface area contributed by atoms with Crippen LogP contribution >= 0.6 is 0 Å². The Labute approximate surface area is 81.5 Å². The molecular formula is C11H22N2. The van der Waals surface area contributed by atoms with E-state index in [9.17, 15) is 0 Å². The summed E-state index contributed by atoms with van der Waals surface area (Å²) < 4.78 is 0. The Kier molecular flexibility index (Phi) is 2.61. The van der Waals surface area contributed by atoms with E-state index in [1.165, 1.54) is 32.5 Å². The van der Waals surface area contributed by atoms with Crippen molar-refractivity contribution in [2.45, 2.75) is 32.7 Å². The fourth-order valence-electron chi connectivity index (χ4n) is 3.07. The van der Waals surface area contributed by atoms with Gasteiger partial charge >= 0.3 is 0 Å². The minimum Gasteiger partial charge on any atom is -0.327 e. The van der Waals surface area contributed by atoms with Crippen LogP contribution in [0.1, 0.15) is 26.7 Å². The van der Waals surface area contributed by atoms with Crippen LogP contribution in [0.4, 0.5) is 0 Å². The molecule has 0 radical (unpaired) electrons. The van der Waals surface area contributed by atoms with Gasteiger partial charge in [-0.05, 0) is 30.6 Å². The van der Waals surface area contributed by atoms with Gasteiger partial charge in [-0.3, -0.25) is 0 Å². The summed E-state index contributed by atoms with van der Waals surface area (Å²) in [4.78, 5) is 2.61. The SMILES string of the molecule is CC(C)CN1CC2CCC(N)C2C1. The molecule has 1 aliphatic heterocycles. The molecule has 1 saturated carbocycles. The fraction of sp³-hybridized carbons (Fsp3) is 1.00. The lowest BCUT2D eigenvalue weighted by molar-refractivity contribution is 0.272. The Morgan fingerprint density at radius 3 is 2.69 bits per heavy atom. The standard InChI is InChI=1S/C11H22N2/c1-8(2)5-13-6-9-3-4-11(12)10(9)7-13/h8-11H,3-7,12H2,1-2H3. The van der Waals surface area contributed by atoms with Crippen LogP contribution in [0.3, 0.4) is 0 Å². The summed E-state index contributed by atoms with van der Waals surface area (Å²) in [5.41, 5.74) is 6.09. The molecule has 0 spiro atoms. The maximum atomic E-state index is 6.09. The quantitative estimate of drug-likeness (QED) is 0.697. The highest BCUT2D eigenvalue weighted by atomic mass is 15.2. The van der Waals surface area contributed by atoms with Crippen LogP contribution in [-0.2, 0) is 0 Å². The maximum absolute atomic E-state index is 6.09. The fourth-order valence-corrected chi connectivity index (χ4v) is 3.07. The van der Waals surface area contributed by atoms with Crippen LogP contribution in [0.15, 0.2) is 0 Å². The van der Waals surface area contributed by atoms with E-state index in [1.807, 2.05) is 0 Å². The third kappa shape index (κ3) is 1.89. The van der Waals surface area contributed by atoms with Crippen molar-refractivity contribution in [1.29, 1.82) is 0 Å². The lowest BCUT2D eigenvalue weighted by Crippen LogP contribution is -2.31. The molecule has 1 aliphatic carbocycles. The highest BCUT2D eigenvalue weighted by Crippen LogP contribution is 2.37. The average molecular weight is 182 g/mol. The second kappa shape index (κ2) is 3.58. The number of rotatable bonds is 2. The van der Waals surface area contributed by atoms with Gasteiger partial charge in [-0.15, -0.1) is 0 Å². The van der Waals surface area contributed by atoms with Gasteiger partial charge in [-0.1, -0.05) is 13.8 Å². The maximum Gasteiger partial charge on any atom is 0.00826 e. The van der Waals surface area contributed by atoms with Gasteiger partial charge < -0.3 is 10.6 Å². The summed E-state index contributed by atoms with van der Waals surface area (Å²) in [7, 11) is 0. The molecule has 3 atom stereocenters. The molecule has 0 aromatic rings. The molecule has 2 N–H and O–H groups in total. The highest BCUT2D eigenvalue weighted by Gasteiger charge is 2.40. The van der Waals surface area contributed by atoms with Crippen molar-refractivity contribution >= 4 is 0 Å². The summed E-state index contributed by atoms with van der Waals surface area (Å²) >= 11 is 0. The van der Waals surface area contributed by atoms with Gasteiger partial charge in [0.2, 0.25) is 0 Å². The minimum absolute atomic E-state index is 0.502. The zero-order valence-electron chi connectivity index (χ0n) is 8.87. The second-order valence-corrected chi connectivity index (χ2v) is 5.28. The van der Waals surface area contributed by atoms with Crippen molar-refractivity contribution in [3.8, 4) is 0 Å². The van der Waals surface area contributed by atoms with E-state index in [1.54, 1.807) is 0 Å². The van der Waals surface area contributed by atoms with Gasteiger partial charge in [0.25, 0.3) is 0 Å². The molecule has 0 amide bonds. The molecule has 13 heavy (non-hydrogen) atoms. The predicted molar refractivity (Wildman–Crippen MR) is 55.5 cm³/mol. The Bertz CT molecular complexity index is 179.